The number of ether oxygens (including phenoxy) is 2. The number of aromatic nitrogens is 1. The standard InChI is InChI=1S/C24H27ClFN3O5/c1-3-33-18-10-17(13-30)29(12-18)23(31)15-8-19-22(21(9-15)32-2)34-24(27-19)28-20(11-26)14-5-4-6-16(25)7-14/h4-9,17-18,20,30H,3,10-13H2,1-2H3,(H,27,28)/t17?,18-,20+/m1/s1. The largest absolute Gasteiger partial charge is 0.493 e. The van der Waals surface area contributed by atoms with Crippen LogP contribution in [-0.2, 0) is 4.74 Å². The van der Waals surface area contributed by atoms with Gasteiger partial charge in [0.1, 0.15) is 12.2 Å². The molecule has 2 aromatic carbocycles. The van der Waals surface area contributed by atoms with E-state index in [2.05, 4.69) is 10.3 Å². The average molecular weight is 492 g/mol. The molecule has 34 heavy (non-hydrogen) atoms. The monoisotopic (exact) mass is 491 g/mol. The van der Waals surface area contributed by atoms with Crippen molar-refractivity contribution in [3.63, 3.8) is 0 Å². The normalized spacial score (nSPS) is 18.9. The second-order valence-corrected chi connectivity index (χ2v) is 8.50. The van der Waals surface area contributed by atoms with Gasteiger partial charge in [0.05, 0.1) is 31.9 Å². The molecular weight excluding hydrogens is 465 g/mol. The lowest BCUT2D eigenvalue weighted by Crippen LogP contribution is -2.38. The third-order valence-electron chi connectivity index (χ3n) is 5.88. The number of amides is 1. The first-order valence-corrected chi connectivity index (χ1v) is 11.4. The summed E-state index contributed by atoms with van der Waals surface area (Å²) in [5, 5.41) is 13.2. The molecule has 0 bridgehead atoms. The Labute approximate surface area is 201 Å². The van der Waals surface area contributed by atoms with Crippen LogP contribution in [-0.4, -0.2) is 66.6 Å². The Morgan fingerprint density at radius 1 is 1.41 bits per heavy atom. The van der Waals surface area contributed by atoms with Gasteiger partial charge in [-0.1, -0.05) is 23.7 Å². The molecule has 8 nitrogen and oxygen atoms in total. The minimum atomic E-state index is -0.718. The minimum Gasteiger partial charge on any atom is -0.493 e. The molecule has 10 heteroatoms. The molecule has 1 aliphatic rings. The lowest BCUT2D eigenvalue weighted by molar-refractivity contribution is 0.0579. The topological polar surface area (TPSA) is 97.1 Å². The highest BCUT2D eigenvalue weighted by atomic mass is 35.5. The Morgan fingerprint density at radius 3 is 2.91 bits per heavy atom. The summed E-state index contributed by atoms with van der Waals surface area (Å²) in [6, 6.07) is 9.09. The Bertz CT molecular complexity index is 1160. The quantitative estimate of drug-likeness (QED) is 0.462. The van der Waals surface area contributed by atoms with E-state index in [0.717, 1.165) is 0 Å². The maximum atomic E-state index is 13.8. The Kier molecular flexibility index (Phi) is 7.55. The lowest BCUT2D eigenvalue weighted by atomic mass is 10.1. The van der Waals surface area contributed by atoms with Crippen molar-refractivity contribution >= 4 is 34.6 Å². The first-order valence-electron chi connectivity index (χ1n) is 11.1. The fourth-order valence-electron chi connectivity index (χ4n) is 4.24. The van der Waals surface area contributed by atoms with Crippen LogP contribution in [0.1, 0.15) is 35.3 Å². The van der Waals surface area contributed by atoms with Crippen LogP contribution < -0.4 is 10.1 Å². The van der Waals surface area contributed by atoms with Crippen molar-refractivity contribution in [2.24, 2.45) is 0 Å². The van der Waals surface area contributed by atoms with Crippen LogP contribution in [0.5, 0.6) is 5.75 Å². The molecule has 2 N–H and O–H groups in total. The summed E-state index contributed by atoms with van der Waals surface area (Å²) in [6.45, 7) is 1.96. The van der Waals surface area contributed by atoms with Crippen LogP contribution in [0.25, 0.3) is 11.1 Å². The summed E-state index contributed by atoms with van der Waals surface area (Å²) in [5.41, 5.74) is 1.71. The maximum Gasteiger partial charge on any atom is 0.296 e. The highest BCUT2D eigenvalue weighted by Crippen LogP contribution is 2.33. The number of likely N-dealkylation sites (tertiary alicyclic amines) is 1. The Balaban J connectivity index is 1.62. The zero-order valence-electron chi connectivity index (χ0n) is 19.0. The van der Waals surface area contributed by atoms with Crippen molar-refractivity contribution in [3.8, 4) is 5.75 Å². The Morgan fingerprint density at radius 2 is 2.24 bits per heavy atom. The summed E-state index contributed by atoms with van der Waals surface area (Å²) >= 11 is 6.04. The number of nitrogens with one attached hydrogen (secondary N) is 1. The molecule has 0 spiro atoms. The number of anilines is 1. The second-order valence-electron chi connectivity index (χ2n) is 8.06. The third-order valence-corrected chi connectivity index (χ3v) is 6.11. The van der Waals surface area contributed by atoms with E-state index in [0.29, 0.717) is 52.6 Å². The van der Waals surface area contributed by atoms with E-state index in [-0.39, 0.29) is 30.7 Å². The summed E-state index contributed by atoms with van der Waals surface area (Å²) in [4.78, 5) is 19.3. The van der Waals surface area contributed by atoms with E-state index in [1.165, 1.54) is 7.11 Å². The zero-order chi connectivity index (χ0) is 24.2. The number of aliphatic hydroxyl groups excluding tert-OH is 1. The number of hydrogen-bond acceptors (Lipinski definition) is 7. The van der Waals surface area contributed by atoms with Crippen LogP contribution >= 0.6 is 11.6 Å². The fraction of sp³-hybridized carbons (Fsp3) is 0.417. The highest BCUT2D eigenvalue weighted by Gasteiger charge is 2.36. The second kappa shape index (κ2) is 10.6. The van der Waals surface area contributed by atoms with Crippen LogP contribution in [0, 0.1) is 0 Å². The molecule has 0 aliphatic carbocycles. The van der Waals surface area contributed by atoms with Gasteiger partial charge in [-0.25, -0.2) is 4.39 Å². The SMILES string of the molecule is CCO[C@@H]1CC(CO)N(C(=O)c2cc(OC)c3oc(N[C@@H](CF)c4cccc(Cl)c4)nc3c2)C1. The Hall–Kier alpha value is -2.88. The lowest BCUT2D eigenvalue weighted by Gasteiger charge is -2.23. The molecule has 2 heterocycles. The van der Waals surface area contributed by atoms with Crippen molar-refractivity contribution < 1.29 is 28.2 Å². The summed E-state index contributed by atoms with van der Waals surface area (Å²) in [6.07, 6.45) is 0.449. The number of aliphatic hydroxyl groups is 1. The number of fused-ring (bicyclic) bond motifs is 1. The van der Waals surface area contributed by atoms with Gasteiger partial charge in [0.15, 0.2) is 11.3 Å². The summed E-state index contributed by atoms with van der Waals surface area (Å²) in [7, 11) is 1.46. The number of alkyl halides is 1. The van der Waals surface area contributed by atoms with Gasteiger partial charge in [0.2, 0.25) is 0 Å². The van der Waals surface area contributed by atoms with Gasteiger partial charge in [0, 0.05) is 23.7 Å². The average Bonchev–Trinajstić information content (AvgIpc) is 3.45. The predicted molar refractivity (Wildman–Crippen MR) is 126 cm³/mol. The molecule has 0 saturated carbocycles. The van der Waals surface area contributed by atoms with Crippen LogP contribution in [0.15, 0.2) is 40.8 Å². The van der Waals surface area contributed by atoms with Gasteiger partial charge in [-0.05, 0) is 43.2 Å². The number of rotatable bonds is 9. The van der Waals surface area contributed by atoms with Crippen molar-refractivity contribution in [2.45, 2.75) is 31.5 Å². The molecule has 1 aromatic heterocycles. The molecule has 0 radical (unpaired) electrons. The predicted octanol–water partition coefficient (Wildman–Crippen LogP) is 4.22. The summed E-state index contributed by atoms with van der Waals surface area (Å²) < 4.78 is 30.7. The number of benzene rings is 2. The van der Waals surface area contributed by atoms with E-state index in [1.54, 1.807) is 41.3 Å². The van der Waals surface area contributed by atoms with E-state index in [9.17, 15) is 14.3 Å². The maximum absolute atomic E-state index is 13.8. The molecule has 3 atom stereocenters. The zero-order valence-corrected chi connectivity index (χ0v) is 19.7. The number of carbonyl (C=O) groups is 1. The van der Waals surface area contributed by atoms with Crippen molar-refractivity contribution in [3.05, 3.63) is 52.5 Å². The number of nitrogens with zero attached hydrogens (tertiary/aromatic N) is 2. The van der Waals surface area contributed by atoms with Crippen LogP contribution in [0.3, 0.4) is 0 Å². The molecule has 1 amide bonds. The van der Waals surface area contributed by atoms with Gasteiger partial charge < -0.3 is 29.2 Å². The number of halogens is 2. The van der Waals surface area contributed by atoms with E-state index < -0.39 is 12.7 Å². The van der Waals surface area contributed by atoms with Gasteiger partial charge in [-0.3, -0.25) is 4.79 Å². The molecule has 3 aromatic rings. The molecule has 1 aliphatic heterocycles. The number of methoxy groups -OCH3 is 1. The first kappa shape index (κ1) is 24.3. The molecular formula is C24H27ClFN3O5. The number of oxazole rings is 1. The molecule has 1 saturated heterocycles. The van der Waals surface area contributed by atoms with Crippen molar-refractivity contribution in [1.29, 1.82) is 0 Å². The van der Waals surface area contributed by atoms with Gasteiger partial charge in [-0.2, -0.15) is 4.98 Å². The molecule has 1 fully saturated rings. The number of hydrogen-bond donors (Lipinski definition) is 2. The van der Waals surface area contributed by atoms with Crippen LogP contribution in [0.4, 0.5) is 10.4 Å². The third kappa shape index (κ3) is 4.96. The first-order chi connectivity index (χ1) is 16.5. The van der Waals surface area contributed by atoms with Crippen molar-refractivity contribution in [1.82, 2.24) is 9.88 Å². The van der Waals surface area contributed by atoms with Gasteiger partial charge >= 0.3 is 0 Å². The summed E-state index contributed by atoms with van der Waals surface area (Å²) in [5.74, 6) is 0.0570. The fourth-order valence-corrected chi connectivity index (χ4v) is 4.44. The van der Waals surface area contributed by atoms with Crippen molar-refractivity contribution in [2.75, 3.05) is 38.9 Å². The van der Waals surface area contributed by atoms with Crippen LogP contribution in [0.2, 0.25) is 5.02 Å². The molecule has 1 unspecified atom stereocenters. The van der Waals surface area contributed by atoms with Gasteiger partial charge in [-0.15, -0.1) is 0 Å². The molecule has 4 rings (SSSR count). The smallest absolute Gasteiger partial charge is 0.296 e. The van der Waals surface area contributed by atoms with E-state index in [4.69, 9.17) is 25.5 Å². The van der Waals surface area contributed by atoms with E-state index in [1.807, 2.05) is 6.92 Å². The minimum absolute atomic E-state index is 0.0892. The van der Waals surface area contributed by atoms with E-state index >= 15 is 0 Å². The molecule has 182 valence electrons. The van der Waals surface area contributed by atoms with Gasteiger partial charge in [0.25, 0.3) is 11.9 Å². The number of carbonyl (C=O) groups excluding carboxylic acids is 1. The highest BCUT2D eigenvalue weighted by molar-refractivity contribution is 6.30.